The van der Waals surface area contributed by atoms with Crippen LogP contribution in [0.2, 0.25) is 0 Å². The van der Waals surface area contributed by atoms with E-state index in [1.54, 1.807) is 12.1 Å². The van der Waals surface area contributed by atoms with Gasteiger partial charge in [0.2, 0.25) is 0 Å². The minimum Gasteiger partial charge on any atom is -0.496 e. The fraction of sp³-hybridized carbons (Fsp3) is 0.333. The summed E-state index contributed by atoms with van der Waals surface area (Å²) in [5, 5.41) is 3.16. The second kappa shape index (κ2) is 10.6. The highest BCUT2D eigenvalue weighted by Gasteiger charge is 2.40. The van der Waals surface area contributed by atoms with Crippen LogP contribution in [0.15, 0.2) is 54.2 Å². The standard InChI is InChI=1S/C24H28N2O5/c1-4-30-16-10-15-26-23(27)21(17-11-6-8-13-19(17)29-3)22(24(26)28)25-18-12-7-9-14-20(18)31-5-2/h6-9,11-14,25H,4-5,10,15-16H2,1-3H3. The van der Waals surface area contributed by atoms with Crippen LogP contribution in [-0.2, 0) is 14.3 Å². The van der Waals surface area contributed by atoms with Crippen molar-refractivity contribution in [2.45, 2.75) is 20.3 Å². The summed E-state index contributed by atoms with van der Waals surface area (Å²) in [5.41, 5.74) is 1.67. The molecule has 0 spiro atoms. The fourth-order valence-electron chi connectivity index (χ4n) is 3.45. The quantitative estimate of drug-likeness (QED) is 0.438. The van der Waals surface area contributed by atoms with Crippen LogP contribution >= 0.6 is 0 Å². The van der Waals surface area contributed by atoms with Gasteiger partial charge in [-0.15, -0.1) is 0 Å². The number of ether oxygens (including phenoxy) is 3. The van der Waals surface area contributed by atoms with Crippen LogP contribution in [0.5, 0.6) is 11.5 Å². The maximum Gasteiger partial charge on any atom is 0.278 e. The van der Waals surface area contributed by atoms with Crippen LogP contribution < -0.4 is 14.8 Å². The topological polar surface area (TPSA) is 77.1 Å². The molecule has 7 nitrogen and oxygen atoms in total. The number of hydrogen-bond acceptors (Lipinski definition) is 6. The lowest BCUT2D eigenvalue weighted by molar-refractivity contribution is -0.137. The lowest BCUT2D eigenvalue weighted by Crippen LogP contribution is -2.34. The highest BCUT2D eigenvalue weighted by Crippen LogP contribution is 2.36. The minimum absolute atomic E-state index is 0.207. The van der Waals surface area contributed by atoms with Gasteiger partial charge in [-0.3, -0.25) is 14.5 Å². The molecule has 0 unspecified atom stereocenters. The molecule has 0 saturated heterocycles. The summed E-state index contributed by atoms with van der Waals surface area (Å²) in [6.45, 7) is 5.62. The summed E-state index contributed by atoms with van der Waals surface area (Å²) in [5.74, 6) is 0.384. The molecule has 0 aromatic heterocycles. The number of hydrogen-bond donors (Lipinski definition) is 1. The van der Waals surface area contributed by atoms with Crippen LogP contribution in [0.1, 0.15) is 25.8 Å². The van der Waals surface area contributed by atoms with Crippen LogP contribution in [0, 0.1) is 0 Å². The van der Waals surface area contributed by atoms with Crippen molar-refractivity contribution >= 4 is 23.1 Å². The molecule has 3 rings (SSSR count). The molecule has 0 atom stereocenters. The smallest absolute Gasteiger partial charge is 0.278 e. The first kappa shape index (κ1) is 22.4. The number of amides is 2. The van der Waals surface area contributed by atoms with E-state index in [0.29, 0.717) is 49.0 Å². The number of benzene rings is 2. The van der Waals surface area contributed by atoms with Crippen molar-refractivity contribution in [2.24, 2.45) is 0 Å². The molecule has 7 heteroatoms. The second-order valence-electron chi connectivity index (χ2n) is 6.82. The summed E-state index contributed by atoms with van der Waals surface area (Å²) in [7, 11) is 1.54. The van der Waals surface area contributed by atoms with Gasteiger partial charge < -0.3 is 19.5 Å². The molecule has 1 aliphatic rings. The van der Waals surface area contributed by atoms with Gasteiger partial charge in [-0.25, -0.2) is 0 Å². The molecule has 0 aliphatic carbocycles. The number of imide groups is 1. The molecule has 2 aromatic rings. The number of para-hydroxylation sites is 3. The second-order valence-corrected chi connectivity index (χ2v) is 6.82. The highest BCUT2D eigenvalue weighted by atomic mass is 16.5. The van der Waals surface area contributed by atoms with Gasteiger partial charge >= 0.3 is 0 Å². The molecule has 2 aromatic carbocycles. The van der Waals surface area contributed by atoms with E-state index >= 15 is 0 Å². The summed E-state index contributed by atoms with van der Waals surface area (Å²) in [4.78, 5) is 27.9. The summed E-state index contributed by atoms with van der Waals surface area (Å²) < 4.78 is 16.5. The van der Waals surface area contributed by atoms with E-state index < -0.39 is 0 Å². The summed E-state index contributed by atoms with van der Waals surface area (Å²) in [6.07, 6.45) is 0.563. The molecule has 0 bridgehead atoms. The SMILES string of the molecule is CCOCCCN1C(=O)C(Nc2ccccc2OCC)=C(c2ccccc2OC)C1=O. The van der Waals surface area contributed by atoms with Crippen molar-refractivity contribution in [2.75, 3.05) is 38.8 Å². The first-order valence-electron chi connectivity index (χ1n) is 10.4. The van der Waals surface area contributed by atoms with E-state index in [1.807, 2.05) is 50.2 Å². The Morgan fingerprint density at radius 3 is 2.32 bits per heavy atom. The Bertz CT molecular complexity index is 970. The molecular formula is C24H28N2O5. The minimum atomic E-state index is -0.381. The van der Waals surface area contributed by atoms with Gasteiger partial charge in [-0.05, 0) is 38.5 Å². The van der Waals surface area contributed by atoms with E-state index in [9.17, 15) is 9.59 Å². The van der Waals surface area contributed by atoms with Crippen LogP contribution in [0.4, 0.5) is 5.69 Å². The zero-order valence-electron chi connectivity index (χ0n) is 18.1. The van der Waals surface area contributed by atoms with Crippen molar-refractivity contribution in [3.8, 4) is 11.5 Å². The molecule has 164 valence electrons. The zero-order valence-corrected chi connectivity index (χ0v) is 18.1. The summed E-state index contributed by atoms with van der Waals surface area (Å²) >= 11 is 0. The largest absolute Gasteiger partial charge is 0.496 e. The van der Waals surface area contributed by atoms with Gasteiger partial charge in [0.15, 0.2) is 0 Å². The van der Waals surface area contributed by atoms with Crippen molar-refractivity contribution in [1.82, 2.24) is 4.90 Å². The normalized spacial score (nSPS) is 13.7. The van der Waals surface area contributed by atoms with Crippen LogP contribution in [0.25, 0.3) is 5.57 Å². The average Bonchev–Trinajstić information content (AvgIpc) is 3.02. The molecule has 1 aliphatic heterocycles. The Hall–Kier alpha value is -3.32. The van der Waals surface area contributed by atoms with Crippen LogP contribution in [0.3, 0.4) is 0 Å². The number of carbonyl (C=O) groups is 2. The maximum atomic E-state index is 13.3. The Balaban J connectivity index is 2.02. The van der Waals surface area contributed by atoms with E-state index in [0.717, 1.165) is 0 Å². The first-order valence-corrected chi connectivity index (χ1v) is 10.4. The van der Waals surface area contributed by atoms with Gasteiger partial charge in [-0.2, -0.15) is 0 Å². The highest BCUT2D eigenvalue weighted by molar-refractivity contribution is 6.37. The molecule has 0 radical (unpaired) electrons. The van der Waals surface area contributed by atoms with E-state index in [1.165, 1.54) is 12.0 Å². The number of rotatable bonds is 11. The fourth-order valence-corrected chi connectivity index (χ4v) is 3.45. The third-order valence-electron chi connectivity index (χ3n) is 4.87. The van der Waals surface area contributed by atoms with Gasteiger partial charge in [0, 0.05) is 25.3 Å². The van der Waals surface area contributed by atoms with Crippen molar-refractivity contribution in [1.29, 1.82) is 0 Å². The number of nitrogens with zero attached hydrogens (tertiary/aromatic N) is 1. The molecule has 31 heavy (non-hydrogen) atoms. The van der Waals surface area contributed by atoms with Gasteiger partial charge in [-0.1, -0.05) is 30.3 Å². The number of anilines is 1. The average molecular weight is 424 g/mol. The van der Waals surface area contributed by atoms with E-state index in [4.69, 9.17) is 14.2 Å². The predicted octanol–water partition coefficient (Wildman–Crippen LogP) is 3.71. The number of nitrogens with one attached hydrogen (secondary N) is 1. The number of methoxy groups -OCH3 is 1. The maximum absolute atomic E-state index is 13.3. The molecular weight excluding hydrogens is 396 g/mol. The van der Waals surface area contributed by atoms with Gasteiger partial charge in [0.05, 0.1) is 25.0 Å². The Morgan fingerprint density at radius 1 is 0.903 bits per heavy atom. The van der Waals surface area contributed by atoms with Crippen molar-refractivity contribution in [3.63, 3.8) is 0 Å². The predicted molar refractivity (Wildman–Crippen MR) is 119 cm³/mol. The zero-order chi connectivity index (χ0) is 22.2. The van der Waals surface area contributed by atoms with Crippen LogP contribution in [-0.4, -0.2) is 50.2 Å². The third kappa shape index (κ3) is 4.88. The molecule has 2 amide bonds. The number of carbonyl (C=O) groups excluding carboxylic acids is 2. The van der Waals surface area contributed by atoms with E-state index in [2.05, 4.69) is 5.32 Å². The lowest BCUT2D eigenvalue weighted by atomic mass is 10.0. The first-order chi connectivity index (χ1) is 15.1. The molecule has 1 heterocycles. The lowest BCUT2D eigenvalue weighted by Gasteiger charge is -2.16. The van der Waals surface area contributed by atoms with E-state index in [-0.39, 0.29) is 29.6 Å². The van der Waals surface area contributed by atoms with Gasteiger partial charge in [0.1, 0.15) is 17.2 Å². The Labute approximate surface area is 182 Å². The Morgan fingerprint density at radius 2 is 1.61 bits per heavy atom. The van der Waals surface area contributed by atoms with Crippen molar-refractivity contribution in [3.05, 3.63) is 59.8 Å². The Kier molecular flexibility index (Phi) is 7.67. The van der Waals surface area contributed by atoms with Crippen molar-refractivity contribution < 1.29 is 23.8 Å². The molecule has 0 fully saturated rings. The third-order valence-corrected chi connectivity index (χ3v) is 4.87. The molecule has 1 N–H and O–H groups in total. The van der Waals surface area contributed by atoms with Gasteiger partial charge in [0.25, 0.3) is 11.8 Å². The monoisotopic (exact) mass is 424 g/mol. The summed E-state index contributed by atoms with van der Waals surface area (Å²) in [6, 6.07) is 14.5. The molecule has 0 saturated carbocycles.